The van der Waals surface area contributed by atoms with Crippen molar-refractivity contribution in [1.29, 1.82) is 0 Å². The van der Waals surface area contributed by atoms with E-state index in [9.17, 15) is 29.8 Å². The minimum Gasteiger partial charge on any atom is -0.358 e. The molecule has 0 aliphatic carbocycles. The summed E-state index contributed by atoms with van der Waals surface area (Å²) in [5.74, 6) is -1.31. The molecule has 1 aliphatic rings. The smallest absolute Gasteiger partial charge is 0.358 e. The van der Waals surface area contributed by atoms with Gasteiger partial charge in [-0.2, -0.15) is 0 Å². The van der Waals surface area contributed by atoms with E-state index in [1.807, 2.05) is 5.10 Å². The number of H-pyrrole nitrogens is 1. The molecule has 30 heavy (non-hydrogen) atoms. The zero-order chi connectivity index (χ0) is 22.6. The fourth-order valence-electron chi connectivity index (χ4n) is 2.23. The van der Waals surface area contributed by atoms with Crippen LogP contribution in [0.5, 0.6) is 0 Å². The predicted molar refractivity (Wildman–Crippen MR) is 106 cm³/mol. The highest BCUT2D eigenvalue weighted by Gasteiger charge is 2.29. The number of hydrogen-bond donors (Lipinski definition) is 1. The molecule has 0 radical (unpaired) electrons. The maximum absolute atomic E-state index is 11.8. The van der Waals surface area contributed by atoms with E-state index in [4.69, 9.17) is 51.1 Å². The molecule has 0 bridgehead atoms. The lowest BCUT2D eigenvalue weighted by atomic mass is 10.2. The van der Waals surface area contributed by atoms with Gasteiger partial charge >= 0.3 is 22.8 Å². The third kappa shape index (κ3) is 5.23. The van der Waals surface area contributed by atoms with E-state index >= 15 is 0 Å². The topological polar surface area (TPSA) is 176 Å². The van der Waals surface area contributed by atoms with Gasteiger partial charge in [0.05, 0.1) is 10.2 Å². The van der Waals surface area contributed by atoms with Gasteiger partial charge in [0, 0.05) is 6.61 Å². The Morgan fingerprint density at radius 1 is 0.967 bits per heavy atom. The molecule has 0 saturated carbocycles. The molecule has 1 atom stereocenters. The normalized spacial score (nSPS) is 15.8. The summed E-state index contributed by atoms with van der Waals surface area (Å²) in [6.07, 6.45) is 1.67. The lowest BCUT2D eigenvalue weighted by Crippen LogP contribution is -2.32. The molecule has 0 aromatic carbocycles. The van der Waals surface area contributed by atoms with Gasteiger partial charge in [-0.3, -0.25) is 9.59 Å². The number of aromatic nitrogens is 4. The van der Waals surface area contributed by atoms with Crippen LogP contribution in [0.2, 0.25) is 20.1 Å². The summed E-state index contributed by atoms with van der Waals surface area (Å²) in [5.41, 5.74) is -1.44. The third-order valence-corrected chi connectivity index (χ3v) is 5.23. The minimum absolute atomic E-state index is 0.410. The van der Waals surface area contributed by atoms with Crippen LogP contribution in [0.3, 0.4) is 0 Å². The number of aromatic amines is 1. The molecule has 0 amide bonds. The van der Waals surface area contributed by atoms with Crippen molar-refractivity contribution in [3.8, 4) is 0 Å². The first kappa shape index (κ1) is 24.0. The third-order valence-electron chi connectivity index (χ3n) is 3.61. The fourth-order valence-corrected chi connectivity index (χ4v) is 2.92. The highest BCUT2D eigenvalue weighted by molar-refractivity contribution is 6.43. The Bertz CT molecular complexity index is 1100. The first-order chi connectivity index (χ1) is 14.1. The Morgan fingerprint density at radius 3 is 2.10 bits per heavy atom. The lowest BCUT2D eigenvalue weighted by Gasteiger charge is -2.20. The van der Waals surface area contributed by atoms with Crippen molar-refractivity contribution in [2.75, 3.05) is 6.61 Å². The second-order valence-electron chi connectivity index (χ2n) is 5.54. The highest BCUT2D eigenvalue weighted by atomic mass is 35.5. The SMILES string of the molecule is O=c1[nH]nc([N+](=O)[O-])c(Cl)c1Cl.O=c1c(Cl)c(Cl)c([N+](=O)[O-])nn1C1CCCCO1. The Kier molecular flexibility index (Phi) is 8.09. The molecule has 3 rings (SSSR count). The van der Waals surface area contributed by atoms with Gasteiger partial charge in [0.25, 0.3) is 0 Å². The van der Waals surface area contributed by atoms with Gasteiger partial charge in [-0.05, 0) is 29.1 Å². The van der Waals surface area contributed by atoms with Gasteiger partial charge in [0.1, 0.15) is 10.0 Å². The molecule has 2 aromatic rings. The minimum atomic E-state index is -0.843. The first-order valence-electron chi connectivity index (χ1n) is 7.88. The van der Waals surface area contributed by atoms with Crippen LogP contribution < -0.4 is 11.1 Å². The molecule has 1 unspecified atom stereocenters. The largest absolute Gasteiger partial charge is 0.409 e. The molecule has 3 heterocycles. The van der Waals surface area contributed by atoms with Crippen molar-refractivity contribution < 1.29 is 14.6 Å². The Hall–Kier alpha value is -2.32. The predicted octanol–water partition coefficient (Wildman–Crippen LogP) is 3.14. The number of nitrogens with zero attached hydrogens (tertiary/aromatic N) is 5. The van der Waals surface area contributed by atoms with E-state index in [2.05, 4.69) is 10.2 Å². The summed E-state index contributed by atoms with van der Waals surface area (Å²) >= 11 is 21.9. The van der Waals surface area contributed by atoms with E-state index in [1.165, 1.54) is 0 Å². The Labute approximate surface area is 185 Å². The second kappa shape index (κ2) is 10.1. The quantitative estimate of drug-likeness (QED) is 0.486. The number of ether oxygens (including phenoxy) is 1. The van der Waals surface area contributed by atoms with Crippen LogP contribution in [0.25, 0.3) is 0 Å². The summed E-state index contributed by atoms with van der Waals surface area (Å²) < 4.78 is 6.24. The van der Waals surface area contributed by atoms with E-state index in [-0.39, 0.29) is 0 Å². The van der Waals surface area contributed by atoms with Gasteiger partial charge in [-0.15, -0.1) is 9.78 Å². The van der Waals surface area contributed by atoms with E-state index < -0.39 is 58.9 Å². The number of nitrogens with one attached hydrogen (secondary N) is 1. The van der Waals surface area contributed by atoms with Crippen LogP contribution >= 0.6 is 46.4 Å². The zero-order valence-corrected chi connectivity index (χ0v) is 17.5. The molecule has 17 heteroatoms. The maximum Gasteiger partial charge on any atom is 0.409 e. The molecule has 1 N–H and O–H groups in total. The fraction of sp³-hybridized carbons (Fsp3) is 0.385. The van der Waals surface area contributed by atoms with Crippen LogP contribution in [0.1, 0.15) is 25.5 Å². The summed E-state index contributed by atoms with van der Waals surface area (Å²) in [6.45, 7) is 0.479. The van der Waals surface area contributed by atoms with Gasteiger partial charge < -0.3 is 25.0 Å². The standard InChI is InChI=1S/C9H9Cl2N3O4.C4HCl2N3O3/c10-6-7(11)9(15)13(12-8(6)14(16)17)5-3-1-2-4-18-5;5-1-2(6)4(10)8-7-3(1)9(11)12/h5H,1-4H2;(H,8,10). The van der Waals surface area contributed by atoms with Crippen LogP contribution in [-0.4, -0.2) is 36.4 Å². The first-order valence-corrected chi connectivity index (χ1v) is 9.39. The summed E-state index contributed by atoms with van der Waals surface area (Å²) in [6, 6.07) is 0. The van der Waals surface area contributed by atoms with Gasteiger partial charge in [-0.25, -0.2) is 0 Å². The Balaban J connectivity index is 0.000000232. The van der Waals surface area contributed by atoms with Crippen molar-refractivity contribution in [1.82, 2.24) is 20.0 Å². The Morgan fingerprint density at radius 2 is 1.57 bits per heavy atom. The number of halogens is 4. The van der Waals surface area contributed by atoms with Crippen LogP contribution in [0.15, 0.2) is 9.59 Å². The van der Waals surface area contributed by atoms with E-state index in [0.717, 1.165) is 17.5 Å². The van der Waals surface area contributed by atoms with E-state index in [0.29, 0.717) is 13.0 Å². The van der Waals surface area contributed by atoms with Crippen molar-refractivity contribution in [2.45, 2.75) is 25.5 Å². The lowest BCUT2D eigenvalue weighted by molar-refractivity contribution is -0.390. The van der Waals surface area contributed by atoms with Gasteiger partial charge in [-0.1, -0.05) is 46.4 Å². The molecule has 2 aromatic heterocycles. The van der Waals surface area contributed by atoms with Crippen LogP contribution in [-0.2, 0) is 4.74 Å². The zero-order valence-electron chi connectivity index (χ0n) is 14.5. The summed E-state index contributed by atoms with van der Waals surface area (Å²) in [7, 11) is 0. The molecular weight excluding hydrogens is 494 g/mol. The summed E-state index contributed by atoms with van der Waals surface area (Å²) in [4.78, 5) is 41.8. The average molecular weight is 504 g/mol. The highest BCUT2D eigenvalue weighted by Crippen LogP contribution is 2.29. The van der Waals surface area contributed by atoms with Crippen molar-refractivity contribution in [3.05, 3.63) is 61.0 Å². The number of hydrogen-bond acceptors (Lipinski definition) is 9. The molecular formula is C13H10Cl4N6O7. The van der Waals surface area contributed by atoms with E-state index in [1.54, 1.807) is 0 Å². The molecule has 1 fully saturated rings. The number of nitro groups is 2. The molecule has 1 aliphatic heterocycles. The van der Waals surface area contributed by atoms with Crippen molar-refractivity contribution in [3.63, 3.8) is 0 Å². The van der Waals surface area contributed by atoms with Gasteiger partial charge in [0.2, 0.25) is 0 Å². The molecule has 1 saturated heterocycles. The molecule has 13 nitrogen and oxygen atoms in total. The molecule has 0 spiro atoms. The van der Waals surface area contributed by atoms with Crippen LogP contribution in [0.4, 0.5) is 11.6 Å². The van der Waals surface area contributed by atoms with Crippen molar-refractivity contribution in [2.24, 2.45) is 0 Å². The molecule has 162 valence electrons. The second-order valence-corrected chi connectivity index (χ2v) is 7.05. The van der Waals surface area contributed by atoms with Gasteiger partial charge in [0.15, 0.2) is 16.3 Å². The number of rotatable bonds is 3. The summed E-state index contributed by atoms with van der Waals surface area (Å²) in [5, 5.41) is 27.7. The maximum atomic E-state index is 11.8. The monoisotopic (exact) mass is 502 g/mol. The van der Waals surface area contributed by atoms with Crippen LogP contribution in [0, 0.1) is 20.2 Å². The average Bonchev–Trinajstić information content (AvgIpc) is 2.71. The van der Waals surface area contributed by atoms with Crippen molar-refractivity contribution >= 4 is 58.0 Å².